The number of benzene rings is 2. The van der Waals surface area contributed by atoms with Crippen LogP contribution in [-0.4, -0.2) is 5.91 Å². The fourth-order valence-corrected chi connectivity index (χ4v) is 2.92. The van der Waals surface area contributed by atoms with Crippen molar-refractivity contribution >= 4 is 18.3 Å². The lowest BCUT2D eigenvalue weighted by Crippen LogP contribution is -2.36. The second-order valence-electron chi connectivity index (χ2n) is 5.95. The lowest BCUT2D eigenvalue weighted by molar-refractivity contribution is 0.0900. The zero-order chi connectivity index (χ0) is 15.4. The standard InChI is InChI=1S/C19H22N2O.ClH/c20-13-14-9-11-17(12-10-14)19(22)21-18(16-7-4-8-16)15-5-2-1-3-6-15;/h1-3,5-6,9-12,16,18H,4,7-8,13,20H2,(H,21,22);1H. The number of halogens is 1. The topological polar surface area (TPSA) is 55.1 Å². The minimum atomic E-state index is -0.00988. The molecule has 2 aromatic carbocycles. The molecule has 122 valence electrons. The Morgan fingerprint density at radius 1 is 1.09 bits per heavy atom. The third-order valence-electron chi connectivity index (χ3n) is 4.52. The molecule has 3 nitrogen and oxygen atoms in total. The summed E-state index contributed by atoms with van der Waals surface area (Å²) in [5, 5.41) is 3.22. The van der Waals surface area contributed by atoms with Gasteiger partial charge >= 0.3 is 0 Å². The van der Waals surface area contributed by atoms with Crippen LogP contribution in [0.15, 0.2) is 54.6 Å². The lowest BCUT2D eigenvalue weighted by atomic mass is 9.77. The molecular weight excluding hydrogens is 308 g/mol. The molecule has 1 atom stereocenters. The molecule has 1 amide bonds. The number of hydrogen-bond acceptors (Lipinski definition) is 2. The first-order valence-corrected chi connectivity index (χ1v) is 7.93. The molecule has 3 rings (SSSR count). The molecule has 2 aromatic rings. The molecule has 0 heterocycles. The Labute approximate surface area is 143 Å². The highest BCUT2D eigenvalue weighted by molar-refractivity contribution is 5.94. The number of nitrogens with two attached hydrogens (primary N) is 1. The highest BCUT2D eigenvalue weighted by Gasteiger charge is 2.29. The molecule has 1 unspecified atom stereocenters. The van der Waals surface area contributed by atoms with Gasteiger partial charge in [-0.2, -0.15) is 0 Å². The summed E-state index contributed by atoms with van der Waals surface area (Å²) < 4.78 is 0. The summed E-state index contributed by atoms with van der Waals surface area (Å²) >= 11 is 0. The summed E-state index contributed by atoms with van der Waals surface area (Å²) in [4.78, 5) is 12.5. The van der Waals surface area contributed by atoms with Crippen molar-refractivity contribution in [1.29, 1.82) is 0 Å². The van der Waals surface area contributed by atoms with Crippen molar-refractivity contribution in [2.45, 2.75) is 31.8 Å². The molecule has 0 aliphatic heterocycles. The number of rotatable bonds is 5. The van der Waals surface area contributed by atoms with E-state index in [9.17, 15) is 4.79 Å². The van der Waals surface area contributed by atoms with Crippen molar-refractivity contribution < 1.29 is 4.79 Å². The molecule has 0 saturated heterocycles. The number of carbonyl (C=O) groups is 1. The van der Waals surface area contributed by atoms with E-state index in [-0.39, 0.29) is 24.4 Å². The van der Waals surface area contributed by atoms with Gasteiger partial charge in [0.2, 0.25) is 0 Å². The van der Waals surface area contributed by atoms with Crippen molar-refractivity contribution in [3.05, 3.63) is 71.3 Å². The molecule has 0 radical (unpaired) electrons. The van der Waals surface area contributed by atoms with E-state index in [1.165, 1.54) is 24.8 Å². The van der Waals surface area contributed by atoms with E-state index >= 15 is 0 Å². The predicted octanol–water partition coefficient (Wildman–Crippen LogP) is 3.84. The zero-order valence-corrected chi connectivity index (χ0v) is 13.9. The Bertz CT molecular complexity index is 624. The molecule has 1 aliphatic carbocycles. The van der Waals surface area contributed by atoms with Gasteiger partial charge in [-0.1, -0.05) is 48.9 Å². The van der Waals surface area contributed by atoms with E-state index in [0.29, 0.717) is 18.0 Å². The van der Waals surface area contributed by atoms with Gasteiger partial charge < -0.3 is 11.1 Å². The van der Waals surface area contributed by atoms with E-state index < -0.39 is 0 Å². The van der Waals surface area contributed by atoms with Crippen LogP contribution in [0.1, 0.15) is 46.8 Å². The van der Waals surface area contributed by atoms with E-state index in [1.54, 1.807) is 0 Å². The number of amides is 1. The van der Waals surface area contributed by atoms with Crippen molar-refractivity contribution in [2.24, 2.45) is 11.7 Å². The molecule has 0 bridgehead atoms. The van der Waals surface area contributed by atoms with Crippen LogP contribution in [0, 0.1) is 5.92 Å². The first-order chi connectivity index (χ1) is 10.8. The van der Waals surface area contributed by atoms with Crippen LogP contribution in [0.25, 0.3) is 0 Å². The quantitative estimate of drug-likeness (QED) is 0.875. The van der Waals surface area contributed by atoms with E-state index in [4.69, 9.17) is 5.73 Å². The molecule has 0 aromatic heterocycles. The lowest BCUT2D eigenvalue weighted by Gasteiger charge is -2.34. The molecular formula is C19H23ClN2O. The average Bonchev–Trinajstić information content (AvgIpc) is 2.53. The fourth-order valence-electron chi connectivity index (χ4n) is 2.92. The van der Waals surface area contributed by atoms with Crippen molar-refractivity contribution in [1.82, 2.24) is 5.32 Å². The van der Waals surface area contributed by atoms with Gasteiger partial charge in [-0.3, -0.25) is 4.79 Å². The largest absolute Gasteiger partial charge is 0.345 e. The van der Waals surface area contributed by atoms with Crippen LogP contribution < -0.4 is 11.1 Å². The highest BCUT2D eigenvalue weighted by Crippen LogP contribution is 2.37. The average molecular weight is 331 g/mol. The van der Waals surface area contributed by atoms with Crippen LogP contribution in [0.2, 0.25) is 0 Å². The van der Waals surface area contributed by atoms with Gasteiger partial charge in [-0.15, -0.1) is 12.4 Å². The number of carbonyl (C=O) groups excluding carboxylic acids is 1. The molecule has 0 spiro atoms. The minimum Gasteiger partial charge on any atom is -0.345 e. The van der Waals surface area contributed by atoms with Gasteiger partial charge in [0, 0.05) is 12.1 Å². The van der Waals surface area contributed by atoms with Crippen LogP contribution in [0.5, 0.6) is 0 Å². The smallest absolute Gasteiger partial charge is 0.251 e. The predicted molar refractivity (Wildman–Crippen MR) is 95.6 cm³/mol. The molecule has 1 fully saturated rings. The van der Waals surface area contributed by atoms with E-state index in [2.05, 4.69) is 17.4 Å². The van der Waals surface area contributed by atoms with Crippen LogP contribution >= 0.6 is 12.4 Å². The number of hydrogen-bond donors (Lipinski definition) is 2. The Morgan fingerprint density at radius 2 is 1.74 bits per heavy atom. The Morgan fingerprint density at radius 3 is 2.26 bits per heavy atom. The summed E-state index contributed by atoms with van der Waals surface area (Å²) in [5.41, 5.74) is 8.52. The van der Waals surface area contributed by atoms with Crippen LogP contribution in [-0.2, 0) is 6.54 Å². The Balaban J connectivity index is 0.00000192. The van der Waals surface area contributed by atoms with Crippen molar-refractivity contribution in [3.8, 4) is 0 Å². The summed E-state index contributed by atoms with van der Waals surface area (Å²) in [5.74, 6) is 0.541. The SMILES string of the molecule is Cl.NCc1ccc(C(=O)NC(c2ccccc2)C2CCC2)cc1. The second kappa shape index (κ2) is 8.14. The first kappa shape index (κ1) is 17.5. The van der Waals surface area contributed by atoms with Crippen LogP contribution in [0.4, 0.5) is 0 Å². The van der Waals surface area contributed by atoms with Gasteiger partial charge in [0.15, 0.2) is 0 Å². The van der Waals surface area contributed by atoms with Gasteiger partial charge in [0.05, 0.1) is 6.04 Å². The van der Waals surface area contributed by atoms with E-state index in [0.717, 1.165) is 5.56 Å². The number of nitrogens with one attached hydrogen (secondary N) is 1. The maximum Gasteiger partial charge on any atom is 0.251 e. The fraction of sp³-hybridized carbons (Fsp3) is 0.316. The van der Waals surface area contributed by atoms with Crippen molar-refractivity contribution in [2.75, 3.05) is 0 Å². The highest BCUT2D eigenvalue weighted by atomic mass is 35.5. The van der Waals surface area contributed by atoms with Gasteiger partial charge in [-0.05, 0) is 42.0 Å². The summed E-state index contributed by atoms with van der Waals surface area (Å²) in [6.07, 6.45) is 3.63. The summed E-state index contributed by atoms with van der Waals surface area (Å²) in [6, 6.07) is 17.9. The summed E-state index contributed by atoms with van der Waals surface area (Å²) in [7, 11) is 0. The normalized spacial score (nSPS) is 15.2. The van der Waals surface area contributed by atoms with Crippen LogP contribution in [0.3, 0.4) is 0 Å². The van der Waals surface area contributed by atoms with Gasteiger partial charge in [0.25, 0.3) is 5.91 Å². The zero-order valence-electron chi connectivity index (χ0n) is 13.1. The Hall–Kier alpha value is -1.84. The monoisotopic (exact) mass is 330 g/mol. The molecule has 1 saturated carbocycles. The molecule has 4 heteroatoms. The van der Waals surface area contributed by atoms with Gasteiger partial charge in [-0.25, -0.2) is 0 Å². The van der Waals surface area contributed by atoms with Gasteiger partial charge in [0.1, 0.15) is 0 Å². The Kier molecular flexibility index (Phi) is 6.20. The molecule has 23 heavy (non-hydrogen) atoms. The third kappa shape index (κ3) is 4.12. The molecule has 3 N–H and O–H groups in total. The minimum absolute atomic E-state index is 0. The third-order valence-corrected chi connectivity index (χ3v) is 4.52. The second-order valence-corrected chi connectivity index (χ2v) is 5.95. The maximum atomic E-state index is 12.5. The maximum absolute atomic E-state index is 12.5. The van der Waals surface area contributed by atoms with Crippen molar-refractivity contribution in [3.63, 3.8) is 0 Å². The molecule has 1 aliphatic rings. The van der Waals surface area contributed by atoms with E-state index in [1.807, 2.05) is 42.5 Å². The summed E-state index contributed by atoms with van der Waals surface area (Å²) in [6.45, 7) is 0.497. The first-order valence-electron chi connectivity index (χ1n) is 7.93.